The summed E-state index contributed by atoms with van der Waals surface area (Å²) in [5, 5.41) is 2.59. The summed E-state index contributed by atoms with van der Waals surface area (Å²) in [6, 6.07) is 15.1. The lowest BCUT2D eigenvalue weighted by molar-refractivity contribution is -0.113. The van der Waals surface area contributed by atoms with Crippen LogP contribution in [0.25, 0.3) is 6.08 Å². The molecule has 5 heteroatoms. The Morgan fingerprint density at radius 3 is 2.57 bits per heavy atom. The van der Waals surface area contributed by atoms with Gasteiger partial charge in [0.2, 0.25) is 0 Å². The second-order valence-corrected chi connectivity index (χ2v) is 5.71. The summed E-state index contributed by atoms with van der Waals surface area (Å²) in [6.45, 7) is 1.91. The quantitative estimate of drug-likeness (QED) is 0.676. The SMILES string of the molecule is Cc1csc(N(C(=O)C=Cc2ccccn2)c2ccccc2)n1. The zero-order valence-electron chi connectivity index (χ0n) is 12.6. The molecule has 1 aromatic carbocycles. The number of thiazole rings is 1. The lowest BCUT2D eigenvalue weighted by Crippen LogP contribution is -2.23. The molecule has 114 valence electrons. The minimum Gasteiger partial charge on any atom is -0.269 e. The van der Waals surface area contributed by atoms with Gasteiger partial charge in [0.1, 0.15) is 0 Å². The van der Waals surface area contributed by atoms with Crippen molar-refractivity contribution in [1.29, 1.82) is 0 Å². The number of carbonyl (C=O) groups excluding carboxylic acids is 1. The van der Waals surface area contributed by atoms with Crippen LogP contribution in [0.15, 0.2) is 66.2 Å². The van der Waals surface area contributed by atoms with Crippen molar-refractivity contribution < 1.29 is 4.79 Å². The van der Waals surface area contributed by atoms with E-state index in [1.54, 1.807) is 17.2 Å². The molecule has 0 N–H and O–H groups in total. The number of anilines is 2. The summed E-state index contributed by atoms with van der Waals surface area (Å²) in [5.74, 6) is -0.156. The van der Waals surface area contributed by atoms with Gasteiger partial charge in [-0.05, 0) is 37.3 Å². The highest BCUT2D eigenvalue weighted by molar-refractivity contribution is 7.14. The minimum atomic E-state index is -0.156. The average Bonchev–Trinajstić information content (AvgIpc) is 3.01. The van der Waals surface area contributed by atoms with E-state index in [-0.39, 0.29) is 5.91 Å². The normalized spacial score (nSPS) is 10.8. The van der Waals surface area contributed by atoms with Crippen molar-refractivity contribution in [3.05, 3.63) is 77.6 Å². The molecule has 0 atom stereocenters. The highest BCUT2D eigenvalue weighted by Gasteiger charge is 2.18. The maximum absolute atomic E-state index is 12.7. The molecule has 0 spiro atoms. The molecule has 2 heterocycles. The third-order valence-corrected chi connectivity index (χ3v) is 4.06. The van der Waals surface area contributed by atoms with Crippen LogP contribution in [-0.2, 0) is 4.79 Å². The Balaban J connectivity index is 1.92. The van der Waals surface area contributed by atoms with Crippen molar-refractivity contribution >= 4 is 34.1 Å². The Morgan fingerprint density at radius 1 is 1.13 bits per heavy atom. The standard InChI is InChI=1S/C18H15N3OS/c1-14-13-23-18(20-14)21(16-8-3-2-4-9-16)17(22)11-10-15-7-5-6-12-19-15/h2-13H,1H3. The van der Waals surface area contributed by atoms with E-state index in [1.165, 1.54) is 17.4 Å². The maximum atomic E-state index is 12.7. The predicted octanol–water partition coefficient (Wildman–Crippen LogP) is 4.22. The molecule has 0 radical (unpaired) electrons. The maximum Gasteiger partial charge on any atom is 0.257 e. The molecule has 23 heavy (non-hydrogen) atoms. The number of pyridine rings is 1. The van der Waals surface area contributed by atoms with Crippen LogP contribution in [0, 0.1) is 6.92 Å². The van der Waals surface area contributed by atoms with Gasteiger partial charge in [-0.2, -0.15) is 0 Å². The van der Waals surface area contributed by atoms with Gasteiger partial charge in [0.05, 0.1) is 17.1 Å². The second-order valence-electron chi connectivity index (χ2n) is 4.87. The molecule has 0 aliphatic heterocycles. The van der Waals surface area contributed by atoms with Crippen LogP contribution in [0.3, 0.4) is 0 Å². The van der Waals surface area contributed by atoms with E-state index in [0.29, 0.717) is 5.13 Å². The molecule has 0 saturated carbocycles. The highest BCUT2D eigenvalue weighted by atomic mass is 32.1. The van der Waals surface area contributed by atoms with Crippen molar-refractivity contribution in [2.45, 2.75) is 6.92 Å². The van der Waals surface area contributed by atoms with Gasteiger partial charge in [0, 0.05) is 17.7 Å². The zero-order chi connectivity index (χ0) is 16.1. The van der Waals surface area contributed by atoms with Crippen LogP contribution in [0.1, 0.15) is 11.4 Å². The number of rotatable bonds is 4. The summed E-state index contributed by atoms with van der Waals surface area (Å²) in [6.07, 6.45) is 4.92. The molecule has 3 aromatic rings. The van der Waals surface area contributed by atoms with Crippen LogP contribution in [0.2, 0.25) is 0 Å². The van der Waals surface area contributed by atoms with E-state index < -0.39 is 0 Å². The van der Waals surface area contributed by atoms with Crippen LogP contribution in [0.5, 0.6) is 0 Å². The molecular formula is C18H15N3OS. The molecule has 0 saturated heterocycles. The Bertz CT molecular complexity index is 813. The van der Waals surface area contributed by atoms with Gasteiger partial charge in [-0.3, -0.25) is 14.7 Å². The zero-order valence-corrected chi connectivity index (χ0v) is 13.4. The van der Waals surface area contributed by atoms with E-state index in [9.17, 15) is 4.79 Å². The first kappa shape index (κ1) is 15.1. The number of para-hydroxylation sites is 1. The highest BCUT2D eigenvalue weighted by Crippen LogP contribution is 2.28. The van der Waals surface area contributed by atoms with Gasteiger partial charge < -0.3 is 0 Å². The molecule has 0 aliphatic carbocycles. The van der Waals surface area contributed by atoms with E-state index in [2.05, 4.69) is 9.97 Å². The predicted molar refractivity (Wildman–Crippen MR) is 93.7 cm³/mol. The van der Waals surface area contributed by atoms with Gasteiger partial charge >= 0.3 is 0 Å². The van der Waals surface area contributed by atoms with Gasteiger partial charge in [-0.1, -0.05) is 24.3 Å². The van der Waals surface area contributed by atoms with E-state index in [4.69, 9.17) is 0 Å². The Morgan fingerprint density at radius 2 is 1.91 bits per heavy atom. The number of amides is 1. The lowest BCUT2D eigenvalue weighted by Gasteiger charge is -2.18. The van der Waals surface area contributed by atoms with E-state index in [1.807, 2.05) is 60.8 Å². The van der Waals surface area contributed by atoms with Gasteiger partial charge in [-0.15, -0.1) is 11.3 Å². The number of hydrogen-bond acceptors (Lipinski definition) is 4. The monoisotopic (exact) mass is 321 g/mol. The molecular weight excluding hydrogens is 306 g/mol. The Hall–Kier alpha value is -2.79. The summed E-state index contributed by atoms with van der Waals surface area (Å²) in [7, 11) is 0. The number of nitrogens with zero attached hydrogens (tertiary/aromatic N) is 3. The molecule has 0 unspecified atom stereocenters. The molecule has 2 aromatic heterocycles. The van der Waals surface area contributed by atoms with Crippen LogP contribution < -0.4 is 4.90 Å². The first-order valence-electron chi connectivity index (χ1n) is 7.14. The number of carbonyl (C=O) groups is 1. The number of aromatic nitrogens is 2. The Labute approximate surface area is 138 Å². The Kier molecular flexibility index (Phi) is 4.59. The number of benzene rings is 1. The van der Waals surface area contributed by atoms with Gasteiger partial charge in [-0.25, -0.2) is 4.98 Å². The minimum absolute atomic E-state index is 0.156. The van der Waals surface area contributed by atoms with Crippen LogP contribution in [0.4, 0.5) is 10.8 Å². The van der Waals surface area contributed by atoms with Crippen LogP contribution in [-0.4, -0.2) is 15.9 Å². The molecule has 1 amide bonds. The van der Waals surface area contributed by atoms with Crippen molar-refractivity contribution in [1.82, 2.24) is 9.97 Å². The molecule has 0 bridgehead atoms. The molecule has 4 nitrogen and oxygen atoms in total. The number of hydrogen-bond donors (Lipinski definition) is 0. The summed E-state index contributed by atoms with van der Waals surface area (Å²) in [4.78, 5) is 22.9. The van der Waals surface area contributed by atoms with Crippen molar-refractivity contribution in [2.24, 2.45) is 0 Å². The third kappa shape index (κ3) is 3.70. The van der Waals surface area contributed by atoms with E-state index >= 15 is 0 Å². The summed E-state index contributed by atoms with van der Waals surface area (Å²) >= 11 is 1.45. The molecule has 3 rings (SSSR count). The molecule has 0 fully saturated rings. The van der Waals surface area contributed by atoms with Crippen molar-refractivity contribution in [3.8, 4) is 0 Å². The fourth-order valence-electron chi connectivity index (χ4n) is 2.06. The van der Waals surface area contributed by atoms with Gasteiger partial charge in [0.25, 0.3) is 5.91 Å². The first-order chi connectivity index (χ1) is 11.2. The van der Waals surface area contributed by atoms with Crippen LogP contribution >= 0.6 is 11.3 Å². The second kappa shape index (κ2) is 6.98. The summed E-state index contributed by atoms with van der Waals surface area (Å²) < 4.78 is 0. The number of aryl methyl sites for hydroxylation is 1. The topological polar surface area (TPSA) is 46.1 Å². The van der Waals surface area contributed by atoms with Crippen molar-refractivity contribution in [2.75, 3.05) is 4.90 Å². The third-order valence-electron chi connectivity index (χ3n) is 3.12. The van der Waals surface area contributed by atoms with E-state index in [0.717, 1.165) is 17.1 Å². The fourth-order valence-corrected chi connectivity index (χ4v) is 2.89. The fraction of sp³-hybridized carbons (Fsp3) is 0.0556. The average molecular weight is 321 g/mol. The molecule has 0 aliphatic rings. The lowest BCUT2D eigenvalue weighted by atomic mass is 10.2. The largest absolute Gasteiger partial charge is 0.269 e. The summed E-state index contributed by atoms with van der Waals surface area (Å²) in [5.41, 5.74) is 2.43. The smallest absolute Gasteiger partial charge is 0.257 e. The van der Waals surface area contributed by atoms with Crippen molar-refractivity contribution in [3.63, 3.8) is 0 Å². The van der Waals surface area contributed by atoms with Gasteiger partial charge in [0.15, 0.2) is 5.13 Å². The first-order valence-corrected chi connectivity index (χ1v) is 8.02.